The molecule has 3 aromatic rings. The number of Topliss-reactive ketones (excluding diaryl/α,β-unsaturated/α-hetero) is 1. The molecule has 0 unspecified atom stereocenters. The lowest BCUT2D eigenvalue weighted by molar-refractivity contribution is 0.0882. The quantitative estimate of drug-likeness (QED) is 0.520. The Morgan fingerprint density at radius 2 is 1.32 bits per heavy atom. The third-order valence-corrected chi connectivity index (χ3v) is 5.51. The third-order valence-electron chi connectivity index (χ3n) is 5.51. The molecule has 3 rings (SSSR count). The van der Waals surface area contributed by atoms with E-state index in [0.29, 0.717) is 12.0 Å². The van der Waals surface area contributed by atoms with Crippen LogP contribution >= 0.6 is 0 Å². The van der Waals surface area contributed by atoms with Crippen LogP contribution in [0.3, 0.4) is 0 Å². The van der Waals surface area contributed by atoms with Crippen LogP contribution in [0.2, 0.25) is 0 Å². The molecule has 0 aliphatic rings. The molecule has 0 aromatic heterocycles. The van der Waals surface area contributed by atoms with Crippen LogP contribution in [0, 0.1) is 5.82 Å². The van der Waals surface area contributed by atoms with E-state index < -0.39 is 5.41 Å². The van der Waals surface area contributed by atoms with Crippen LogP contribution < -0.4 is 0 Å². The van der Waals surface area contributed by atoms with Crippen molar-refractivity contribution in [2.45, 2.75) is 24.8 Å². The van der Waals surface area contributed by atoms with E-state index in [4.69, 9.17) is 0 Å². The van der Waals surface area contributed by atoms with E-state index in [-0.39, 0.29) is 17.6 Å². The summed E-state index contributed by atoms with van der Waals surface area (Å²) < 4.78 is 13.5. The van der Waals surface area contributed by atoms with Crippen LogP contribution in [0.15, 0.2) is 84.9 Å². The first-order valence-electron chi connectivity index (χ1n) is 9.53. The predicted octanol–water partition coefficient (Wildman–Crippen LogP) is 5.33. The van der Waals surface area contributed by atoms with Gasteiger partial charge in [0, 0.05) is 11.6 Å². The van der Waals surface area contributed by atoms with E-state index in [1.54, 1.807) is 12.1 Å². The first-order valence-corrected chi connectivity index (χ1v) is 9.53. The fraction of sp³-hybridized carbons (Fsp3) is 0.240. The van der Waals surface area contributed by atoms with Gasteiger partial charge in [-0.15, -0.1) is 0 Å². The largest absolute Gasteiger partial charge is 0.307 e. The first kappa shape index (κ1) is 20.0. The van der Waals surface area contributed by atoms with Crippen LogP contribution in [0.5, 0.6) is 0 Å². The van der Waals surface area contributed by atoms with Crippen molar-refractivity contribution < 1.29 is 9.18 Å². The summed E-state index contributed by atoms with van der Waals surface area (Å²) in [6.45, 7) is 2.12. The summed E-state index contributed by atoms with van der Waals surface area (Å²) in [7, 11) is 4.04. The zero-order valence-electron chi connectivity index (χ0n) is 16.6. The number of halogens is 1. The Morgan fingerprint density at radius 1 is 0.857 bits per heavy atom. The van der Waals surface area contributed by atoms with Crippen molar-refractivity contribution in [3.05, 3.63) is 107 Å². The number of carbonyl (C=O) groups excluding carboxylic acids is 1. The van der Waals surface area contributed by atoms with Crippen LogP contribution in [0.1, 0.15) is 34.8 Å². The molecule has 0 saturated heterocycles. The summed E-state index contributed by atoms with van der Waals surface area (Å²) in [5, 5.41) is 0. The molecule has 0 amide bonds. The number of carbonyl (C=O) groups is 1. The van der Waals surface area contributed by atoms with E-state index >= 15 is 0 Å². The van der Waals surface area contributed by atoms with Gasteiger partial charge in [0.2, 0.25) is 0 Å². The van der Waals surface area contributed by atoms with Gasteiger partial charge in [0.25, 0.3) is 0 Å². The number of hydrogen-bond donors (Lipinski definition) is 0. The summed E-state index contributed by atoms with van der Waals surface area (Å²) >= 11 is 0. The second kappa shape index (κ2) is 8.49. The van der Waals surface area contributed by atoms with Crippen LogP contribution in [0.4, 0.5) is 4.39 Å². The molecule has 1 atom stereocenters. The van der Waals surface area contributed by atoms with E-state index in [1.807, 2.05) is 74.8 Å². The van der Waals surface area contributed by atoms with E-state index in [9.17, 15) is 9.18 Å². The molecular weight excluding hydrogens is 349 g/mol. The molecule has 0 saturated carbocycles. The number of hydrogen-bond acceptors (Lipinski definition) is 2. The standard InChI is InChI=1S/C25H26FNO/c1-19(27(2)3)18-25(21-10-6-4-7-11-21,22-12-8-5-9-13-22)24(28)20-14-16-23(26)17-15-20/h4-17,19H,18H2,1-3H3/t19-/m0/s1. The highest BCUT2D eigenvalue weighted by atomic mass is 19.1. The molecule has 0 fully saturated rings. The van der Waals surface area contributed by atoms with Crippen LogP contribution in [-0.2, 0) is 5.41 Å². The zero-order chi connectivity index (χ0) is 20.1. The van der Waals surface area contributed by atoms with E-state index in [1.165, 1.54) is 12.1 Å². The van der Waals surface area contributed by atoms with Gasteiger partial charge in [-0.05, 0) is 62.8 Å². The molecule has 0 aliphatic heterocycles. The van der Waals surface area contributed by atoms with E-state index in [0.717, 1.165) is 11.1 Å². The van der Waals surface area contributed by atoms with Gasteiger partial charge in [-0.2, -0.15) is 0 Å². The number of ketones is 1. The minimum absolute atomic E-state index is 0.0152. The van der Waals surface area contributed by atoms with Crippen LogP contribution in [-0.4, -0.2) is 30.8 Å². The lowest BCUT2D eigenvalue weighted by atomic mass is 9.66. The number of benzene rings is 3. The molecule has 0 aliphatic carbocycles. The molecule has 3 aromatic carbocycles. The van der Waals surface area contributed by atoms with Crippen molar-refractivity contribution in [3.63, 3.8) is 0 Å². The molecule has 0 heterocycles. The molecule has 28 heavy (non-hydrogen) atoms. The van der Waals surface area contributed by atoms with Crippen LogP contribution in [0.25, 0.3) is 0 Å². The van der Waals surface area contributed by atoms with Gasteiger partial charge in [0.1, 0.15) is 5.82 Å². The molecule has 144 valence electrons. The average molecular weight is 375 g/mol. The van der Waals surface area contributed by atoms with Gasteiger partial charge in [-0.3, -0.25) is 4.79 Å². The molecule has 0 radical (unpaired) electrons. The normalized spacial score (nSPS) is 12.8. The van der Waals surface area contributed by atoms with Crippen molar-refractivity contribution >= 4 is 5.78 Å². The highest BCUT2D eigenvalue weighted by Crippen LogP contribution is 2.40. The second-order valence-corrected chi connectivity index (χ2v) is 7.49. The van der Waals surface area contributed by atoms with Gasteiger partial charge >= 0.3 is 0 Å². The smallest absolute Gasteiger partial charge is 0.177 e. The van der Waals surface area contributed by atoms with Gasteiger partial charge < -0.3 is 4.90 Å². The lowest BCUT2D eigenvalue weighted by Crippen LogP contribution is -2.43. The zero-order valence-corrected chi connectivity index (χ0v) is 16.6. The Hall–Kier alpha value is -2.78. The SMILES string of the molecule is C[C@@H](CC(C(=O)c1ccc(F)cc1)(c1ccccc1)c1ccccc1)N(C)C. The van der Waals surface area contributed by atoms with Crippen molar-refractivity contribution in [2.75, 3.05) is 14.1 Å². The Labute approximate surface area is 166 Å². The minimum Gasteiger partial charge on any atom is -0.307 e. The van der Waals surface area contributed by atoms with Crippen molar-refractivity contribution in [1.29, 1.82) is 0 Å². The Balaban J connectivity index is 2.26. The average Bonchev–Trinajstić information content (AvgIpc) is 2.73. The number of rotatable bonds is 7. The van der Waals surface area contributed by atoms with Crippen molar-refractivity contribution in [3.8, 4) is 0 Å². The maximum atomic E-state index is 14.0. The molecule has 0 N–H and O–H groups in total. The maximum Gasteiger partial charge on any atom is 0.177 e. The first-order chi connectivity index (χ1) is 13.4. The Morgan fingerprint density at radius 3 is 1.75 bits per heavy atom. The monoisotopic (exact) mass is 375 g/mol. The lowest BCUT2D eigenvalue weighted by Gasteiger charge is -2.37. The molecule has 3 heteroatoms. The summed E-state index contributed by atoms with van der Waals surface area (Å²) in [6.07, 6.45) is 0.615. The predicted molar refractivity (Wildman–Crippen MR) is 112 cm³/mol. The van der Waals surface area contributed by atoms with Gasteiger partial charge in [-0.25, -0.2) is 4.39 Å². The highest BCUT2D eigenvalue weighted by Gasteiger charge is 2.43. The fourth-order valence-corrected chi connectivity index (χ4v) is 3.68. The van der Waals surface area contributed by atoms with Crippen molar-refractivity contribution in [1.82, 2.24) is 4.90 Å². The third kappa shape index (κ3) is 3.90. The van der Waals surface area contributed by atoms with E-state index in [2.05, 4.69) is 11.8 Å². The summed E-state index contributed by atoms with van der Waals surface area (Å²) in [6, 6.07) is 25.8. The summed E-state index contributed by atoms with van der Waals surface area (Å²) in [5.41, 5.74) is 1.55. The topological polar surface area (TPSA) is 20.3 Å². The molecular formula is C25H26FNO. The Bertz CT molecular complexity index is 865. The summed E-state index contributed by atoms with van der Waals surface area (Å²) in [4.78, 5) is 16.1. The summed E-state index contributed by atoms with van der Waals surface area (Å²) in [5.74, 6) is -0.359. The molecule has 0 spiro atoms. The molecule has 0 bridgehead atoms. The van der Waals surface area contributed by atoms with Gasteiger partial charge in [-0.1, -0.05) is 60.7 Å². The van der Waals surface area contributed by atoms with Gasteiger partial charge in [0.05, 0.1) is 5.41 Å². The highest BCUT2D eigenvalue weighted by molar-refractivity contribution is 6.06. The van der Waals surface area contributed by atoms with Crippen molar-refractivity contribution in [2.24, 2.45) is 0 Å². The maximum absolute atomic E-state index is 14.0. The Kier molecular flexibility index (Phi) is 6.05. The van der Waals surface area contributed by atoms with Gasteiger partial charge in [0.15, 0.2) is 5.78 Å². The molecule has 2 nitrogen and oxygen atoms in total. The number of nitrogens with zero attached hydrogens (tertiary/aromatic N) is 1. The second-order valence-electron chi connectivity index (χ2n) is 7.49. The minimum atomic E-state index is -0.857. The fourth-order valence-electron chi connectivity index (χ4n) is 3.68.